The Morgan fingerprint density at radius 1 is 1.35 bits per heavy atom. The Kier molecular flexibility index (Phi) is 3.35. The average molecular weight is 231 g/mol. The minimum Gasteiger partial charge on any atom is -0.441 e. The van der Waals surface area contributed by atoms with E-state index in [0.717, 1.165) is 17.5 Å². The molecule has 4 nitrogen and oxygen atoms in total. The van der Waals surface area contributed by atoms with E-state index in [9.17, 15) is 4.79 Å². The molecule has 1 heterocycles. The second-order valence-corrected chi connectivity index (χ2v) is 3.74. The Balaban J connectivity index is 2.32. The van der Waals surface area contributed by atoms with Gasteiger partial charge in [-0.15, -0.1) is 0 Å². The van der Waals surface area contributed by atoms with Crippen LogP contribution < -0.4 is 0 Å². The molecule has 0 fully saturated rings. The maximum absolute atomic E-state index is 10.5. The molecule has 4 heteroatoms. The number of nitrogens with zero attached hydrogens (tertiary/aromatic N) is 1. The van der Waals surface area contributed by atoms with Crippen LogP contribution in [0.5, 0.6) is 0 Å². The van der Waals surface area contributed by atoms with Gasteiger partial charge in [-0.2, -0.15) is 0 Å². The number of aromatic nitrogens is 1. The van der Waals surface area contributed by atoms with Gasteiger partial charge in [0.2, 0.25) is 5.89 Å². The monoisotopic (exact) mass is 231 g/mol. The van der Waals surface area contributed by atoms with Gasteiger partial charge in [-0.25, -0.2) is 4.98 Å². The number of hydrogen-bond acceptors (Lipinski definition) is 4. The summed E-state index contributed by atoms with van der Waals surface area (Å²) in [4.78, 5) is 14.8. The molecule has 2 aromatic rings. The van der Waals surface area contributed by atoms with E-state index in [1.165, 1.54) is 0 Å². The van der Waals surface area contributed by atoms with Crippen LogP contribution in [-0.4, -0.2) is 23.0 Å². The van der Waals surface area contributed by atoms with Crippen molar-refractivity contribution in [2.45, 2.75) is 13.3 Å². The molecule has 0 radical (unpaired) electrons. The van der Waals surface area contributed by atoms with Crippen LogP contribution in [0.3, 0.4) is 0 Å². The highest BCUT2D eigenvalue weighted by Gasteiger charge is 2.10. The molecule has 0 amide bonds. The second kappa shape index (κ2) is 4.93. The molecule has 0 saturated carbocycles. The second-order valence-electron chi connectivity index (χ2n) is 3.74. The minimum atomic E-state index is 0.0525. The van der Waals surface area contributed by atoms with Crippen LogP contribution in [0.4, 0.5) is 0 Å². The minimum absolute atomic E-state index is 0.0525. The normalized spacial score (nSPS) is 10.5. The summed E-state index contributed by atoms with van der Waals surface area (Å²) in [7, 11) is 0. The van der Waals surface area contributed by atoms with Crippen LogP contribution in [0.25, 0.3) is 11.5 Å². The molecule has 2 rings (SSSR count). The largest absolute Gasteiger partial charge is 0.441 e. The predicted octanol–water partition coefficient (Wildman–Crippen LogP) is 2.00. The summed E-state index contributed by atoms with van der Waals surface area (Å²) in [5, 5.41) is 8.87. The molecular weight excluding hydrogens is 218 g/mol. The Bertz CT molecular complexity index is 514. The molecule has 88 valence electrons. The number of aryl methyl sites for hydroxylation is 1. The van der Waals surface area contributed by atoms with Gasteiger partial charge in [0, 0.05) is 24.2 Å². The topological polar surface area (TPSA) is 63.3 Å². The van der Waals surface area contributed by atoms with E-state index in [1.54, 1.807) is 24.3 Å². The van der Waals surface area contributed by atoms with Crippen molar-refractivity contribution >= 4 is 6.29 Å². The summed E-state index contributed by atoms with van der Waals surface area (Å²) >= 11 is 0. The van der Waals surface area contributed by atoms with Gasteiger partial charge in [0.1, 0.15) is 12.0 Å². The molecule has 0 unspecified atom stereocenters. The number of benzene rings is 1. The lowest BCUT2D eigenvalue weighted by Crippen LogP contribution is -1.92. The lowest BCUT2D eigenvalue weighted by Gasteiger charge is -1.95. The molecule has 1 aromatic carbocycles. The Labute approximate surface area is 98.9 Å². The highest BCUT2D eigenvalue weighted by molar-refractivity contribution is 5.76. The first-order chi connectivity index (χ1) is 8.24. The SMILES string of the molecule is Cc1oc(-c2ccc(C=O)cc2)nc1CCO. The fourth-order valence-electron chi connectivity index (χ4n) is 1.59. The third kappa shape index (κ3) is 2.42. The fraction of sp³-hybridized carbons (Fsp3) is 0.231. The quantitative estimate of drug-likeness (QED) is 0.817. The number of rotatable bonds is 4. The molecule has 1 N–H and O–H groups in total. The Morgan fingerprint density at radius 2 is 2.06 bits per heavy atom. The van der Waals surface area contributed by atoms with Crippen molar-refractivity contribution in [1.29, 1.82) is 0 Å². The number of hydrogen-bond donors (Lipinski definition) is 1. The van der Waals surface area contributed by atoms with Gasteiger partial charge < -0.3 is 9.52 Å². The molecule has 17 heavy (non-hydrogen) atoms. The van der Waals surface area contributed by atoms with Crippen LogP contribution in [0.15, 0.2) is 28.7 Å². The van der Waals surface area contributed by atoms with Gasteiger partial charge in [0.15, 0.2) is 0 Å². The predicted molar refractivity (Wildman–Crippen MR) is 62.9 cm³/mol. The van der Waals surface area contributed by atoms with E-state index >= 15 is 0 Å². The number of carbonyl (C=O) groups is 1. The molecule has 1 aromatic heterocycles. The van der Waals surface area contributed by atoms with E-state index < -0.39 is 0 Å². The standard InChI is InChI=1S/C13H13NO3/c1-9-12(6-7-15)14-13(17-9)11-4-2-10(8-16)3-5-11/h2-5,8,15H,6-7H2,1H3. The molecule has 0 aliphatic carbocycles. The van der Waals surface area contributed by atoms with E-state index in [1.807, 2.05) is 6.92 Å². The number of carbonyl (C=O) groups excluding carboxylic acids is 1. The van der Waals surface area contributed by atoms with Gasteiger partial charge in [0.05, 0.1) is 5.69 Å². The van der Waals surface area contributed by atoms with E-state index in [0.29, 0.717) is 23.6 Å². The van der Waals surface area contributed by atoms with Gasteiger partial charge in [-0.1, -0.05) is 12.1 Å². The number of aliphatic hydroxyl groups is 1. The van der Waals surface area contributed by atoms with E-state index in [4.69, 9.17) is 9.52 Å². The van der Waals surface area contributed by atoms with Crippen molar-refractivity contribution in [3.8, 4) is 11.5 Å². The lowest BCUT2D eigenvalue weighted by atomic mass is 10.1. The van der Waals surface area contributed by atoms with Crippen molar-refractivity contribution in [3.05, 3.63) is 41.3 Å². The summed E-state index contributed by atoms with van der Waals surface area (Å²) < 4.78 is 5.52. The third-order valence-corrected chi connectivity index (χ3v) is 2.53. The van der Waals surface area contributed by atoms with Crippen molar-refractivity contribution < 1.29 is 14.3 Å². The first-order valence-corrected chi connectivity index (χ1v) is 5.37. The third-order valence-electron chi connectivity index (χ3n) is 2.53. The molecule has 0 spiro atoms. The van der Waals surface area contributed by atoms with Crippen LogP contribution >= 0.6 is 0 Å². The Morgan fingerprint density at radius 3 is 2.65 bits per heavy atom. The average Bonchev–Trinajstić information content (AvgIpc) is 2.72. The fourth-order valence-corrected chi connectivity index (χ4v) is 1.59. The van der Waals surface area contributed by atoms with Crippen LogP contribution in [0.1, 0.15) is 21.8 Å². The molecule has 0 atom stereocenters. The van der Waals surface area contributed by atoms with Crippen LogP contribution in [0, 0.1) is 6.92 Å². The van der Waals surface area contributed by atoms with Crippen molar-refractivity contribution in [2.24, 2.45) is 0 Å². The number of aliphatic hydroxyl groups excluding tert-OH is 1. The number of oxazole rings is 1. The maximum Gasteiger partial charge on any atom is 0.226 e. The summed E-state index contributed by atoms with van der Waals surface area (Å²) in [5.41, 5.74) is 2.21. The summed E-state index contributed by atoms with van der Waals surface area (Å²) in [6.45, 7) is 1.87. The van der Waals surface area contributed by atoms with Gasteiger partial charge >= 0.3 is 0 Å². The highest BCUT2D eigenvalue weighted by Crippen LogP contribution is 2.22. The van der Waals surface area contributed by atoms with Crippen molar-refractivity contribution in [2.75, 3.05) is 6.61 Å². The summed E-state index contributed by atoms with van der Waals surface area (Å²) in [6.07, 6.45) is 1.28. The zero-order chi connectivity index (χ0) is 12.3. The first kappa shape index (κ1) is 11.5. The van der Waals surface area contributed by atoms with Gasteiger partial charge in [-0.05, 0) is 19.1 Å². The highest BCUT2D eigenvalue weighted by atomic mass is 16.4. The smallest absolute Gasteiger partial charge is 0.226 e. The maximum atomic E-state index is 10.5. The zero-order valence-corrected chi connectivity index (χ0v) is 9.51. The lowest BCUT2D eigenvalue weighted by molar-refractivity contribution is 0.112. The zero-order valence-electron chi connectivity index (χ0n) is 9.51. The van der Waals surface area contributed by atoms with Crippen molar-refractivity contribution in [1.82, 2.24) is 4.98 Å². The molecule has 0 saturated heterocycles. The van der Waals surface area contributed by atoms with E-state index in [-0.39, 0.29) is 6.61 Å². The van der Waals surface area contributed by atoms with Crippen molar-refractivity contribution in [3.63, 3.8) is 0 Å². The summed E-state index contributed by atoms with van der Waals surface area (Å²) in [5.74, 6) is 1.23. The van der Waals surface area contributed by atoms with E-state index in [2.05, 4.69) is 4.98 Å². The van der Waals surface area contributed by atoms with Gasteiger partial charge in [-0.3, -0.25) is 4.79 Å². The first-order valence-electron chi connectivity index (χ1n) is 5.37. The van der Waals surface area contributed by atoms with Gasteiger partial charge in [0.25, 0.3) is 0 Å². The molecule has 0 aliphatic rings. The van der Waals surface area contributed by atoms with Crippen LogP contribution in [0.2, 0.25) is 0 Å². The van der Waals surface area contributed by atoms with Crippen LogP contribution in [-0.2, 0) is 6.42 Å². The summed E-state index contributed by atoms with van der Waals surface area (Å²) in [6, 6.07) is 7.01. The molecule has 0 bridgehead atoms. The Hall–Kier alpha value is -1.94. The number of aldehydes is 1. The molecular formula is C13H13NO3. The molecule has 0 aliphatic heterocycles.